The Labute approximate surface area is 119 Å². The van der Waals surface area contributed by atoms with Crippen LogP contribution in [0.15, 0.2) is 18.2 Å². The molecule has 2 fully saturated rings. The van der Waals surface area contributed by atoms with Gasteiger partial charge in [0.1, 0.15) is 0 Å². The van der Waals surface area contributed by atoms with Crippen LogP contribution in [0.5, 0.6) is 0 Å². The van der Waals surface area contributed by atoms with Gasteiger partial charge in [0, 0.05) is 29.2 Å². The van der Waals surface area contributed by atoms with Crippen molar-refractivity contribution < 1.29 is 0 Å². The minimum Gasteiger partial charge on any atom is -0.368 e. The highest BCUT2D eigenvalue weighted by Crippen LogP contribution is 2.40. The number of anilines is 1. The first-order chi connectivity index (χ1) is 8.79. The molecule has 0 amide bonds. The molecular formula is C15H19Cl2N. The molecule has 1 heterocycles. The lowest BCUT2D eigenvalue weighted by Gasteiger charge is -2.34. The van der Waals surface area contributed by atoms with E-state index in [0.717, 1.165) is 17.0 Å². The van der Waals surface area contributed by atoms with Crippen LogP contribution in [0.4, 0.5) is 5.69 Å². The molecule has 2 unspecified atom stereocenters. The van der Waals surface area contributed by atoms with Crippen molar-refractivity contribution in [2.75, 3.05) is 11.4 Å². The monoisotopic (exact) mass is 283 g/mol. The molecule has 0 aromatic heterocycles. The van der Waals surface area contributed by atoms with E-state index in [0.29, 0.717) is 5.88 Å². The van der Waals surface area contributed by atoms with Crippen LogP contribution >= 0.6 is 23.2 Å². The number of hydrogen-bond acceptors (Lipinski definition) is 1. The molecule has 18 heavy (non-hydrogen) atoms. The van der Waals surface area contributed by atoms with E-state index in [4.69, 9.17) is 23.2 Å². The number of hydrogen-bond donors (Lipinski definition) is 0. The van der Waals surface area contributed by atoms with Crippen LogP contribution in [0.3, 0.4) is 0 Å². The summed E-state index contributed by atoms with van der Waals surface area (Å²) in [5, 5.41) is 0.818. The van der Waals surface area contributed by atoms with E-state index in [1.54, 1.807) is 0 Å². The van der Waals surface area contributed by atoms with Crippen molar-refractivity contribution in [2.45, 2.75) is 44.0 Å². The second-order valence-electron chi connectivity index (χ2n) is 5.50. The first-order valence-electron chi connectivity index (χ1n) is 6.90. The van der Waals surface area contributed by atoms with Crippen molar-refractivity contribution in [1.82, 2.24) is 0 Å². The Morgan fingerprint density at radius 1 is 1.17 bits per heavy atom. The Morgan fingerprint density at radius 3 is 2.83 bits per heavy atom. The summed E-state index contributed by atoms with van der Waals surface area (Å²) in [6.45, 7) is 1.17. The van der Waals surface area contributed by atoms with Crippen LogP contribution in [-0.4, -0.2) is 12.6 Å². The molecule has 1 aliphatic heterocycles. The topological polar surface area (TPSA) is 3.24 Å². The Balaban J connectivity index is 1.92. The van der Waals surface area contributed by atoms with Crippen molar-refractivity contribution in [3.05, 3.63) is 28.8 Å². The van der Waals surface area contributed by atoms with E-state index in [1.165, 1.54) is 49.9 Å². The van der Waals surface area contributed by atoms with Crippen molar-refractivity contribution in [1.29, 1.82) is 0 Å². The standard InChI is InChI=1S/C15H19Cl2N/c16-10-12-5-6-13(17)9-15(12)18-8-7-11-3-1-2-4-14(11)18/h5-6,9,11,14H,1-4,7-8,10H2. The van der Waals surface area contributed by atoms with E-state index < -0.39 is 0 Å². The predicted molar refractivity (Wildman–Crippen MR) is 78.7 cm³/mol. The molecule has 1 aromatic rings. The molecule has 0 N–H and O–H groups in total. The zero-order valence-corrected chi connectivity index (χ0v) is 12.1. The predicted octanol–water partition coefficient (Wildman–Crippen LogP) is 4.85. The molecule has 1 saturated carbocycles. The molecule has 98 valence electrons. The summed E-state index contributed by atoms with van der Waals surface area (Å²) in [6, 6.07) is 6.83. The molecule has 1 aliphatic carbocycles. The smallest absolute Gasteiger partial charge is 0.0494 e. The lowest BCUT2D eigenvalue weighted by Crippen LogP contribution is -2.35. The van der Waals surface area contributed by atoms with Crippen LogP contribution < -0.4 is 4.90 Å². The van der Waals surface area contributed by atoms with Gasteiger partial charge in [0.15, 0.2) is 0 Å². The minimum absolute atomic E-state index is 0.570. The van der Waals surface area contributed by atoms with Gasteiger partial charge in [-0.3, -0.25) is 0 Å². The van der Waals surface area contributed by atoms with Gasteiger partial charge < -0.3 is 4.90 Å². The lowest BCUT2D eigenvalue weighted by atomic mass is 9.85. The second-order valence-corrected chi connectivity index (χ2v) is 6.20. The van der Waals surface area contributed by atoms with Crippen LogP contribution in [-0.2, 0) is 5.88 Å². The highest BCUT2D eigenvalue weighted by molar-refractivity contribution is 6.31. The fourth-order valence-corrected chi connectivity index (χ4v) is 4.01. The molecule has 0 bridgehead atoms. The average Bonchev–Trinajstić information content (AvgIpc) is 2.82. The van der Waals surface area contributed by atoms with E-state index in [1.807, 2.05) is 6.07 Å². The van der Waals surface area contributed by atoms with Gasteiger partial charge in [0.2, 0.25) is 0 Å². The van der Waals surface area contributed by atoms with Gasteiger partial charge in [-0.15, -0.1) is 11.6 Å². The van der Waals surface area contributed by atoms with E-state index in [-0.39, 0.29) is 0 Å². The number of rotatable bonds is 2. The number of benzene rings is 1. The van der Waals surface area contributed by atoms with Crippen molar-refractivity contribution in [3.8, 4) is 0 Å². The number of fused-ring (bicyclic) bond motifs is 1. The fourth-order valence-electron chi connectivity index (χ4n) is 3.62. The van der Waals surface area contributed by atoms with Crippen LogP contribution in [0, 0.1) is 5.92 Å². The number of halogens is 2. The fraction of sp³-hybridized carbons (Fsp3) is 0.600. The highest BCUT2D eigenvalue weighted by Gasteiger charge is 2.36. The Hall–Kier alpha value is -0.400. The Morgan fingerprint density at radius 2 is 2.00 bits per heavy atom. The van der Waals surface area contributed by atoms with E-state index in [2.05, 4.69) is 17.0 Å². The average molecular weight is 284 g/mol. The quantitative estimate of drug-likeness (QED) is 0.702. The lowest BCUT2D eigenvalue weighted by molar-refractivity contribution is 0.342. The van der Waals surface area contributed by atoms with Gasteiger partial charge >= 0.3 is 0 Å². The summed E-state index contributed by atoms with van der Waals surface area (Å²) in [5.74, 6) is 1.46. The normalized spacial score (nSPS) is 27.3. The van der Waals surface area contributed by atoms with Gasteiger partial charge in [-0.05, 0) is 42.9 Å². The summed E-state index contributed by atoms with van der Waals surface area (Å²) in [7, 11) is 0. The molecule has 1 nitrogen and oxygen atoms in total. The van der Waals surface area contributed by atoms with Gasteiger partial charge in [0.05, 0.1) is 0 Å². The second kappa shape index (κ2) is 5.30. The molecule has 1 aromatic carbocycles. The molecule has 3 rings (SSSR count). The Kier molecular flexibility index (Phi) is 3.72. The molecule has 0 radical (unpaired) electrons. The molecule has 1 saturated heterocycles. The molecule has 0 spiro atoms. The number of alkyl halides is 1. The summed E-state index contributed by atoms with van der Waals surface area (Å²) in [6.07, 6.45) is 6.84. The summed E-state index contributed by atoms with van der Waals surface area (Å²) in [5.41, 5.74) is 2.49. The maximum Gasteiger partial charge on any atom is 0.0494 e. The zero-order valence-electron chi connectivity index (χ0n) is 10.5. The van der Waals surface area contributed by atoms with Gasteiger partial charge in [-0.1, -0.05) is 30.5 Å². The van der Waals surface area contributed by atoms with Gasteiger partial charge in [-0.2, -0.15) is 0 Å². The van der Waals surface area contributed by atoms with Crippen molar-refractivity contribution in [2.24, 2.45) is 5.92 Å². The summed E-state index contributed by atoms with van der Waals surface area (Å²) >= 11 is 12.2. The minimum atomic E-state index is 0.570. The first-order valence-corrected chi connectivity index (χ1v) is 7.82. The van der Waals surface area contributed by atoms with Gasteiger partial charge in [-0.25, -0.2) is 0 Å². The maximum absolute atomic E-state index is 6.16. The highest BCUT2D eigenvalue weighted by atomic mass is 35.5. The van der Waals surface area contributed by atoms with Crippen LogP contribution in [0.1, 0.15) is 37.7 Å². The first kappa shape index (κ1) is 12.6. The third kappa shape index (κ3) is 2.23. The number of nitrogens with zero attached hydrogens (tertiary/aromatic N) is 1. The third-order valence-corrected chi connectivity index (χ3v) is 5.03. The molecular weight excluding hydrogens is 265 g/mol. The molecule has 2 atom stereocenters. The molecule has 3 heteroatoms. The van der Waals surface area contributed by atoms with Crippen LogP contribution in [0.2, 0.25) is 5.02 Å². The van der Waals surface area contributed by atoms with Gasteiger partial charge in [0.25, 0.3) is 0 Å². The SMILES string of the molecule is ClCc1ccc(Cl)cc1N1CCC2CCCCC21. The van der Waals surface area contributed by atoms with Crippen molar-refractivity contribution >= 4 is 28.9 Å². The summed E-state index contributed by atoms with van der Waals surface area (Å²) in [4.78, 5) is 2.56. The van der Waals surface area contributed by atoms with E-state index in [9.17, 15) is 0 Å². The third-order valence-electron chi connectivity index (χ3n) is 4.51. The summed E-state index contributed by atoms with van der Waals surface area (Å²) < 4.78 is 0. The van der Waals surface area contributed by atoms with Crippen LogP contribution in [0.25, 0.3) is 0 Å². The largest absolute Gasteiger partial charge is 0.368 e. The maximum atomic E-state index is 6.16. The zero-order chi connectivity index (χ0) is 12.5. The van der Waals surface area contributed by atoms with Crippen molar-refractivity contribution in [3.63, 3.8) is 0 Å². The molecule has 2 aliphatic rings. The van der Waals surface area contributed by atoms with E-state index >= 15 is 0 Å². The Bertz CT molecular complexity index is 433.